The smallest absolute Gasteiger partial charge is 0.314 e. The summed E-state index contributed by atoms with van der Waals surface area (Å²) in [7, 11) is 0. The van der Waals surface area contributed by atoms with Gasteiger partial charge in [0, 0.05) is 6.20 Å². The number of hydrogen-bond donors (Lipinski definition) is 0. The van der Waals surface area contributed by atoms with Crippen LogP contribution in [0.15, 0.2) is 54.7 Å². The third-order valence-corrected chi connectivity index (χ3v) is 4.62. The van der Waals surface area contributed by atoms with E-state index in [9.17, 15) is 4.79 Å². The molecule has 1 heterocycles. The highest BCUT2D eigenvalue weighted by Gasteiger charge is 2.32. The van der Waals surface area contributed by atoms with Gasteiger partial charge in [0.05, 0.1) is 11.6 Å². The number of carbonyl (C=O) groups excluding carboxylic acids is 1. The van der Waals surface area contributed by atoms with Crippen LogP contribution in [0.2, 0.25) is 0 Å². The first kappa shape index (κ1) is 18.5. The van der Waals surface area contributed by atoms with Gasteiger partial charge < -0.3 is 4.74 Å². The highest BCUT2D eigenvalue weighted by Crippen LogP contribution is 2.37. The van der Waals surface area contributed by atoms with Crippen molar-refractivity contribution in [2.75, 3.05) is 0 Å². The first-order chi connectivity index (χ1) is 11.3. The Hall–Kier alpha value is -1.87. The minimum Gasteiger partial charge on any atom is -0.459 e. The molecule has 0 radical (unpaired) electrons. The summed E-state index contributed by atoms with van der Waals surface area (Å²) < 4.78 is 5.60. The third-order valence-electron chi connectivity index (χ3n) is 4.62. The van der Waals surface area contributed by atoms with Crippen LogP contribution < -0.4 is 0 Å². The fourth-order valence-electron chi connectivity index (χ4n) is 3.45. The molecule has 0 N–H and O–H groups in total. The lowest BCUT2D eigenvalue weighted by atomic mass is 9.77. The number of halogens is 1. The van der Waals surface area contributed by atoms with Gasteiger partial charge in [-0.2, -0.15) is 0 Å². The van der Waals surface area contributed by atoms with Crippen molar-refractivity contribution in [1.29, 1.82) is 0 Å². The first-order valence-electron chi connectivity index (χ1n) is 8.46. The van der Waals surface area contributed by atoms with E-state index in [1.165, 1.54) is 19.3 Å². The Bertz CT molecular complexity index is 612. The van der Waals surface area contributed by atoms with Crippen molar-refractivity contribution in [3.05, 3.63) is 66.0 Å². The minimum atomic E-state index is -0.153. The molecule has 2 aromatic rings. The van der Waals surface area contributed by atoms with Gasteiger partial charge in [-0.15, -0.1) is 12.4 Å². The summed E-state index contributed by atoms with van der Waals surface area (Å²) in [5, 5.41) is 0. The molecule has 0 aliphatic heterocycles. The SMILES string of the molecule is Cl.O=C(OCc1ccccn1)C(c1ccccc1)C1CCCCC1. The maximum Gasteiger partial charge on any atom is 0.314 e. The van der Waals surface area contributed by atoms with Crippen molar-refractivity contribution in [3.63, 3.8) is 0 Å². The van der Waals surface area contributed by atoms with Crippen LogP contribution >= 0.6 is 12.4 Å². The minimum absolute atomic E-state index is 0. The van der Waals surface area contributed by atoms with Crippen molar-refractivity contribution >= 4 is 18.4 Å². The number of ether oxygens (including phenoxy) is 1. The summed E-state index contributed by atoms with van der Waals surface area (Å²) in [6.45, 7) is 0.246. The predicted octanol–water partition coefficient (Wildman–Crippen LogP) is 4.91. The number of esters is 1. The highest BCUT2D eigenvalue weighted by molar-refractivity contribution is 5.85. The van der Waals surface area contributed by atoms with Crippen LogP contribution in [0.3, 0.4) is 0 Å². The van der Waals surface area contributed by atoms with E-state index in [0.29, 0.717) is 5.92 Å². The average molecular weight is 346 g/mol. The zero-order valence-electron chi connectivity index (χ0n) is 13.8. The molecule has 0 amide bonds. The van der Waals surface area contributed by atoms with Crippen LogP contribution in [0.25, 0.3) is 0 Å². The molecular formula is C20H24ClNO2. The molecule has 1 aromatic heterocycles. The Balaban J connectivity index is 0.00000208. The monoisotopic (exact) mass is 345 g/mol. The summed E-state index contributed by atoms with van der Waals surface area (Å²) in [5.74, 6) is 0.122. The summed E-state index contributed by atoms with van der Waals surface area (Å²) in [4.78, 5) is 17.0. The van der Waals surface area contributed by atoms with Crippen LogP contribution in [0.4, 0.5) is 0 Å². The number of pyridine rings is 1. The standard InChI is InChI=1S/C20H23NO2.ClH/c22-20(23-15-18-13-7-8-14-21-18)19(16-9-3-1-4-10-16)17-11-5-2-6-12-17;/h1,3-4,7-10,13-14,17,19H,2,5-6,11-12,15H2;1H. The van der Waals surface area contributed by atoms with Gasteiger partial charge in [0.25, 0.3) is 0 Å². The van der Waals surface area contributed by atoms with Gasteiger partial charge in [0.15, 0.2) is 0 Å². The fraction of sp³-hybridized carbons (Fsp3) is 0.400. The van der Waals surface area contributed by atoms with E-state index in [-0.39, 0.29) is 30.9 Å². The lowest BCUT2D eigenvalue weighted by Crippen LogP contribution is -2.25. The third kappa shape index (κ3) is 4.81. The van der Waals surface area contributed by atoms with E-state index < -0.39 is 0 Å². The Kier molecular flexibility index (Phi) is 7.26. The maximum atomic E-state index is 12.8. The van der Waals surface area contributed by atoms with Crippen LogP contribution in [-0.2, 0) is 16.1 Å². The van der Waals surface area contributed by atoms with Gasteiger partial charge in [-0.25, -0.2) is 0 Å². The predicted molar refractivity (Wildman–Crippen MR) is 97.0 cm³/mol. The van der Waals surface area contributed by atoms with Gasteiger partial charge in [-0.1, -0.05) is 55.7 Å². The number of hydrogen-bond acceptors (Lipinski definition) is 3. The van der Waals surface area contributed by atoms with E-state index in [0.717, 1.165) is 24.1 Å². The van der Waals surface area contributed by atoms with Gasteiger partial charge in [0.2, 0.25) is 0 Å². The van der Waals surface area contributed by atoms with Gasteiger partial charge in [-0.3, -0.25) is 9.78 Å². The Labute approximate surface area is 149 Å². The molecule has 1 aliphatic rings. The summed E-state index contributed by atoms with van der Waals surface area (Å²) in [6.07, 6.45) is 7.64. The normalized spacial score (nSPS) is 16.0. The molecule has 24 heavy (non-hydrogen) atoms. The molecule has 0 spiro atoms. The molecule has 1 aliphatic carbocycles. The largest absolute Gasteiger partial charge is 0.459 e. The van der Waals surface area contributed by atoms with Gasteiger partial charge in [-0.05, 0) is 36.5 Å². The van der Waals surface area contributed by atoms with E-state index in [4.69, 9.17) is 4.74 Å². The van der Waals surface area contributed by atoms with Crippen LogP contribution in [-0.4, -0.2) is 11.0 Å². The lowest BCUT2D eigenvalue weighted by Gasteiger charge is -2.29. The quantitative estimate of drug-likeness (QED) is 0.723. The van der Waals surface area contributed by atoms with Crippen LogP contribution in [0, 0.1) is 5.92 Å². The molecule has 1 saturated carbocycles. The summed E-state index contributed by atoms with van der Waals surface area (Å²) in [5.41, 5.74) is 1.86. The van der Waals surface area contributed by atoms with Gasteiger partial charge >= 0.3 is 5.97 Å². The molecule has 1 aromatic carbocycles. The molecular weight excluding hydrogens is 322 g/mol. The zero-order chi connectivity index (χ0) is 15.9. The number of carbonyl (C=O) groups is 1. The first-order valence-corrected chi connectivity index (χ1v) is 8.46. The van der Waals surface area contributed by atoms with Crippen molar-refractivity contribution < 1.29 is 9.53 Å². The maximum absolute atomic E-state index is 12.8. The molecule has 128 valence electrons. The van der Waals surface area contributed by atoms with Crippen LogP contribution in [0.5, 0.6) is 0 Å². The summed E-state index contributed by atoms with van der Waals surface area (Å²) >= 11 is 0. The zero-order valence-corrected chi connectivity index (χ0v) is 14.6. The second-order valence-electron chi connectivity index (χ2n) is 6.22. The molecule has 0 saturated heterocycles. The van der Waals surface area contributed by atoms with E-state index >= 15 is 0 Å². The average Bonchev–Trinajstić information content (AvgIpc) is 2.63. The molecule has 1 fully saturated rings. The number of benzene rings is 1. The molecule has 1 unspecified atom stereocenters. The second-order valence-corrected chi connectivity index (χ2v) is 6.22. The fourth-order valence-corrected chi connectivity index (χ4v) is 3.45. The van der Waals surface area contributed by atoms with Gasteiger partial charge in [0.1, 0.15) is 6.61 Å². The number of nitrogens with zero attached hydrogens (tertiary/aromatic N) is 1. The molecule has 3 rings (SSSR count). The molecule has 4 heteroatoms. The Morgan fingerprint density at radius 1 is 1.04 bits per heavy atom. The van der Waals surface area contributed by atoms with E-state index in [2.05, 4.69) is 4.98 Å². The number of aromatic nitrogens is 1. The van der Waals surface area contributed by atoms with E-state index in [1.54, 1.807) is 6.20 Å². The summed E-state index contributed by atoms with van der Waals surface area (Å²) in [6, 6.07) is 15.7. The molecule has 1 atom stereocenters. The number of rotatable bonds is 5. The Morgan fingerprint density at radius 3 is 2.42 bits per heavy atom. The molecule has 3 nitrogen and oxygen atoms in total. The van der Waals surface area contributed by atoms with E-state index in [1.807, 2.05) is 48.5 Å². The molecule has 0 bridgehead atoms. The Morgan fingerprint density at radius 2 is 1.75 bits per heavy atom. The van der Waals surface area contributed by atoms with Crippen molar-refractivity contribution in [2.45, 2.75) is 44.6 Å². The second kappa shape index (κ2) is 9.43. The van der Waals surface area contributed by atoms with Crippen molar-refractivity contribution in [1.82, 2.24) is 4.98 Å². The topological polar surface area (TPSA) is 39.2 Å². The highest BCUT2D eigenvalue weighted by atomic mass is 35.5. The van der Waals surface area contributed by atoms with Crippen LogP contribution in [0.1, 0.15) is 49.3 Å². The van der Waals surface area contributed by atoms with Crippen molar-refractivity contribution in [2.24, 2.45) is 5.92 Å². The lowest BCUT2D eigenvalue weighted by molar-refractivity contribution is -0.148. The van der Waals surface area contributed by atoms with Crippen molar-refractivity contribution in [3.8, 4) is 0 Å².